The summed E-state index contributed by atoms with van der Waals surface area (Å²) in [7, 11) is 0. The Hall–Kier alpha value is -0.730. The Labute approximate surface area is 113 Å². The molecule has 0 aliphatic carbocycles. The standard InChI is InChI=1S/C15H32N2O/c1-4-7-8-9-10-11-12-16-15(18)17(13-5-2)14-6-3/h4-14H2,1-3H3,(H,16,18). The van der Waals surface area contributed by atoms with Crippen LogP contribution in [-0.2, 0) is 0 Å². The molecule has 1 N–H and O–H groups in total. The summed E-state index contributed by atoms with van der Waals surface area (Å²) < 4.78 is 0. The molecule has 0 atom stereocenters. The monoisotopic (exact) mass is 256 g/mol. The minimum Gasteiger partial charge on any atom is -0.338 e. The predicted octanol–water partition coefficient (Wildman–Crippen LogP) is 4.18. The van der Waals surface area contributed by atoms with Gasteiger partial charge in [0.15, 0.2) is 0 Å². The van der Waals surface area contributed by atoms with E-state index in [-0.39, 0.29) is 6.03 Å². The lowest BCUT2D eigenvalue weighted by Gasteiger charge is -2.21. The normalized spacial score (nSPS) is 10.4. The molecule has 0 saturated carbocycles. The van der Waals surface area contributed by atoms with Gasteiger partial charge in [0.05, 0.1) is 0 Å². The van der Waals surface area contributed by atoms with Crippen LogP contribution in [0.1, 0.15) is 72.1 Å². The third-order valence-corrected chi connectivity index (χ3v) is 3.08. The summed E-state index contributed by atoms with van der Waals surface area (Å²) in [5.74, 6) is 0. The van der Waals surface area contributed by atoms with Crippen molar-refractivity contribution in [2.45, 2.75) is 72.1 Å². The lowest BCUT2D eigenvalue weighted by atomic mass is 10.1. The van der Waals surface area contributed by atoms with Gasteiger partial charge in [-0.15, -0.1) is 0 Å². The molecule has 0 fully saturated rings. The van der Waals surface area contributed by atoms with Crippen LogP contribution >= 0.6 is 0 Å². The molecule has 0 unspecified atom stereocenters. The number of hydrogen-bond donors (Lipinski definition) is 1. The van der Waals surface area contributed by atoms with Crippen LogP contribution in [0, 0.1) is 0 Å². The van der Waals surface area contributed by atoms with Gasteiger partial charge in [-0.25, -0.2) is 4.79 Å². The molecule has 108 valence electrons. The van der Waals surface area contributed by atoms with E-state index in [9.17, 15) is 4.79 Å². The molecule has 0 aromatic heterocycles. The van der Waals surface area contributed by atoms with Gasteiger partial charge in [0, 0.05) is 19.6 Å². The predicted molar refractivity (Wildman–Crippen MR) is 78.9 cm³/mol. The van der Waals surface area contributed by atoms with Crippen molar-refractivity contribution in [2.75, 3.05) is 19.6 Å². The number of unbranched alkanes of at least 4 members (excludes halogenated alkanes) is 5. The van der Waals surface area contributed by atoms with Crippen molar-refractivity contribution in [3.05, 3.63) is 0 Å². The first-order valence-electron chi connectivity index (χ1n) is 7.79. The van der Waals surface area contributed by atoms with Gasteiger partial charge in [-0.2, -0.15) is 0 Å². The van der Waals surface area contributed by atoms with Gasteiger partial charge in [-0.1, -0.05) is 52.9 Å². The van der Waals surface area contributed by atoms with Crippen LogP contribution in [0.15, 0.2) is 0 Å². The summed E-state index contributed by atoms with van der Waals surface area (Å²) in [5, 5.41) is 3.03. The van der Waals surface area contributed by atoms with E-state index in [1.807, 2.05) is 4.90 Å². The van der Waals surface area contributed by atoms with Gasteiger partial charge in [-0.3, -0.25) is 0 Å². The second kappa shape index (κ2) is 12.7. The molecular weight excluding hydrogens is 224 g/mol. The minimum absolute atomic E-state index is 0.118. The van der Waals surface area contributed by atoms with E-state index in [0.29, 0.717) is 0 Å². The summed E-state index contributed by atoms with van der Waals surface area (Å²) in [6, 6.07) is 0.118. The Morgan fingerprint density at radius 1 is 0.833 bits per heavy atom. The van der Waals surface area contributed by atoms with E-state index in [0.717, 1.165) is 38.9 Å². The van der Waals surface area contributed by atoms with Gasteiger partial charge in [-0.05, 0) is 19.3 Å². The van der Waals surface area contributed by atoms with Crippen molar-refractivity contribution in [2.24, 2.45) is 0 Å². The van der Waals surface area contributed by atoms with Crippen molar-refractivity contribution in [1.82, 2.24) is 10.2 Å². The second-order valence-electron chi connectivity index (χ2n) is 4.99. The van der Waals surface area contributed by atoms with Crippen LogP contribution < -0.4 is 5.32 Å². The third kappa shape index (κ3) is 9.32. The van der Waals surface area contributed by atoms with Crippen LogP contribution in [0.25, 0.3) is 0 Å². The molecule has 0 saturated heterocycles. The van der Waals surface area contributed by atoms with E-state index in [4.69, 9.17) is 0 Å². The Balaban J connectivity index is 3.54. The van der Waals surface area contributed by atoms with Crippen LogP contribution in [-0.4, -0.2) is 30.6 Å². The van der Waals surface area contributed by atoms with Gasteiger partial charge < -0.3 is 10.2 Å². The van der Waals surface area contributed by atoms with E-state index in [2.05, 4.69) is 26.1 Å². The summed E-state index contributed by atoms with van der Waals surface area (Å²) in [5.41, 5.74) is 0. The zero-order chi connectivity index (χ0) is 13.6. The molecule has 0 radical (unpaired) electrons. The largest absolute Gasteiger partial charge is 0.338 e. The molecule has 0 aromatic rings. The Bertz CT molecular complexity index is 189. The number of rotatable bonds is 11. The fourth-order valence-electron chi connectivity index (χ4n) is 2.07. The van der Waals surface area contributed by atoms with Crippen molar-refractivity contribution in [3.63, 3.8) is 0 Å². The average molecular weight is 256 g/mol. The maximum atomic E-state index is 11.9. The summed E-state index contributed by atoms with van der Waals surface area (Å²) >= 11 is 0. The fraction of sp³-hybridized carbons (Fsp3) is 0.933. The highest BCUT2D eigenvalue weighted by molar-refractivity contribution is 5.74. The smallest absolute Gasteiger partial charge is 0.317 e. The number of nitrogens with zero attached hydrogens (tertiary/aromatic N) is 1. The molecule has 2 amide bonds. The maximum Gasteiger partial charge on any atom is 0.317 e. The van der Waals surface area contributed by atoms with Crippen LogP contribution in [0.4, 0.5) is 4.79 Å². The molecule has 18 heavy (non-hydrogen) atoms. The highest BCUT2D eigenvalue weighted by Gasteiger charge is 2.09. The fourth-order valence-corrected chi connectivity index (χ4v) is 2.07. The topological polar surface area (TPSA) is 32.3 Å². The molecule has 0 bridgehead atoms. The first-order valence-corrected chi connectivity index (χ1v) is 7.79. The Morgan fingerprint density at radius 2 is 1.39 bits per heavy atom. The zero-order valence-corrected chi connectivity index (χ0v) is 12.6. The second-order valence-corrected chi connectivity index (χ2v) is 4.99. The highest BCUT2D eigenvalue weighted by Crippen LogP contribution is 2.04. The van der Waals surface area contributed by atoms with Crippen molar-refractivity contribution in [3.8, 4) is 0 Å². The number of carbonyl (C=O) groups is 1. The molecule has 0 spiro atoms. The summed E-state index contributed by atoms with van der Waals surface area (Å²) in [6.07, 6.45) is 9.69. The molecule has 0 heterocycles. The molecule has 0 aliphatic rings. The molecule has 3 heteroatoms. The van der Waals surface area contributed by atoms with Crippen LogP contribution in [0.2, 0.25) is 0 Å². The maximum absolute atomic E-state index is 11.9. The lowest BCUT2D eigenvalue weighted by Crippen LogP contribution is -2.41. The van der Waals surface area contributed by atoms with E-state index in [1.165, 1.54) is 32.1 Å². The summed E-state index contributed by atoms with van der Waals surface area (Å²) in [6.45, 7) is 9.03. The van der Waals surface area contributed by atoms with Gasteiger partial charge >= 0.3 is 6.03 Å². The van der Waals surface area contributed by atoms with Gasteiger partial charge in [0.2, 0.25) is 0 Å². The molecule has 0 aliphatic heterocycles. The Kier molecular flexibility index (Phi) is 12.2. The van der Waals surface area contributed by atoms with Crippen molar-refractivity contribution < 1.29 is 4.79 Å². The number of carbonyl (C=O) groups excluding carboxylic acids is 1. The van der Waals surface area contributed by atoms with Crippen molar-refractivity contribution >= 4 is 6.03 Å². The van der Waals surface area contributed by atoms with Crippen LogP contribution in [0.3, 0.4) is 0 Å². The van der Waals surface area contributed by atoms with Crippen molar-refractivity contribution in [1.29, 1.82) is 0 Å². The van der Waals surface area contributed by atoms with E-state index in [1.54, 1.807) is 0 Å². The number of nitrogens with one attached hydrogen (secondary N) is 1. The quantitative estimate of drug-likeness (QED) is 0.553. The first kappa shape index (κ1) is 17.3. The molecular formula is C15H32N2O. The molecule has 0 aromatic carbocycles. The number of urea groups is 1. The highest BCUT2D eigenvalue weighted by atomic mass is 16.2. The van der Waals surface area contributed by atoms with Gasteiger partial charge in [0.25, 0.3) is 0 Å². The van der Waals surface area contributed by atoms with Gasteiger partial charge in [0.1, 0.15) is 0 Å². The average Bonchev–Trinajstić information content (AvgIpc) is 2.37. The number of amides is 2. The summed E-state index contributed by atoms with van der Waals surface area (Å²) in [4.78, 5) is 13.8. The van der Waals surface area contributed by atoms with E-state index < -0.39 is 0 Å². The molecule has 3 nitrogen and oxygen atoms in total. The van der Waals surface area contributed by atoms with Crippen LogP contribution in [0.5, 0.6) is 0 Å². The SMILES string of the molecule is CCCCCCCCNC(=O)N(CCC)CCC. The lowest BCUT2D eigenvalue weighted by molar-refractivity contribution is 0.197. The van der Waals surface area contributed by atoms with E-state index >= 15 is 0 Å². The zero-order valence-electron chi connectivity index (χ0n) is 12.6. The minimum atomic E-state index is 0.118. The third-order valence-electron chi connectivity index (χ3n) is 3.08. The molecule has 0 rings (SSSR count). The Morgan fingerprint density at radius 3 is 1.94 bits per heavy atom. The number of hydrogen-bond acceptors (Lipinski definition) is 1. The first-order chi connectivity index (χ1) is 8.76.